The zero-order chi connectivity index (χ0) is 19.4. The van der Waals surface area contributed by atoms with E-state index in [2.05, 4.69) is 35.2 Å². The number of benzene rings is 2. The smallest absolute Gasteiger partial charge is 0.253 e. The molecule has 1 spiro atoms. The number of anilines is 1. The summed E-state index contributed by atoms with van der Waals surface area (Å²) in [5.74, 6) is 0.731. The van der Waals surface area contributed by atoms with Crippen molar-refractivity contribution in [3.05, 3.63) is 60.2 Å². The lowest BCUT2D eigenvalue weighted by Gasteiger charge is -2.47. The molecule has 2 aliphatic rings. The van der Waals surface area contributed by atoms with Crippen molar-refractivity contribution in [1.29, 1.82) is 0 Å². The molecule has 0 unspecified atom stereocenters. The molecule has 0 N–H and O–H groups in total. The molecular formula is C23H28N2O3. The maximum Gasteiger partial charge on any atom is 0.253 e. The number of morpholine rings is 1. The van der Waals surface area contributed by atoms with Crippen LogP contribution in [0.2, 0.25) is 0 Å². The zero-order valence-electron chi connectivity index (χ0n) is 16.5. The van der Waals surface area contributed by atoms with Gasteiger partial charge in [0, 0.05) is 19.6 Å². The highest BCUT2D eigenvalue weighted by molar-refractivity contribution is 5.96. The number of carbonyl (C=O) groups excluding carboxylic acids is 1. The van der Waals surface area contributed by atoms with Gasteiger partial charge >= 0.3 is 0 Å². The second kappa shape index (κ2) is 8.33. The van der Waals surface area contributed by atoms with E-state index in [0.717, 1.165) is 50.3 Å². The molecule has 28 heavy (non-hydrogen) atoms. The van der Waals surface area contributed by atoms with Crippen molar-refractivity contribution < 1.29 is 14.3 Å². The molecular weight excluding hydrogens is 352 g/mol. The van der Waals surface area contributed by atoms with Gasteiger partial charge < -0.3 is 19.3 Å². The highest BCUT2D eigenvalue weighted by Crippen LogP contribution is 2.36. The average Bonchev–Trinajstić information content (AvgIpc) is 2.76. The number of rotatable bonds is 5. The third-order valence-corrected chi connectivity index (χ3v) is 5.95. The molecule has 2 aromatic rings. The predicted octanol–water partition coefficient (Wildman–Crippen LogP) is 3.14. The fraction of sp³-hybridized carbons (Fsp3) is 0.435. The molecule has 0 bridgehead atoms. The summed E-state index contributed by atoms with van der Waals surface area (Å²) < 4.78 is 11.6. The SMILES string of the molecule is COc1ccccc1N1CC2(CCN(CCc3ccccc3)CC2)OCC1=O. The molecule has 0 atom stereocenters. The molecule has 2 aromatic carbocycles. The Bertz CT molecular complexity index is 801. The molecule has 0 aromatic heterocycles. The first-order chi connectivity index (χ1) is 13.7. The number of hydrogen-bond acceptors (Lipinski definition) is 4. The topological polar surface area (TPSA) is 42.0 Å². The van der Waals surface area contributed by atoms with E-state index in [0.29, 0.717) is 6.54 Å². The number of likely N-dealkylation sites (tertiary alicyclic amines) is 1. The van der Waals surface area contributed by atoms with Crippen LogP contribution in [0.4, 0.5) is 5.69 Å². The Morgan fingerprint density at radius 1 is 1.04 bits per heavy atom. The number of amides is 1. The number of methoxy groups -OCH3 is 1. The first kappa shape index (κ1) is 19.0. The van der Waals surface area contributed by atoms with Gasteiger partial charge in [-0.05, 0) is 37.0 Å². The highest BCUT2D eigenvalue weighted by atomic mass is 16.5. The van der Waals surface area contributed by atoms with E-state index >= 15 is 0 Å². The number of hydrogen-bond donors (Lipinski definition) is 0. The molecule has 2 saturated heterocycles. The van der Waals surface area contributed by atoms with E-state index in [1.807, 2.05) is 29.2 Å². The fourth-order valence-corrected chi connectivity index (χ4v) is 4.21. The summed E-state index contributed by atoms with van der Waals surface area (Å²) in [5.41, 5.74) is 1.96. The minimum atomic E-state index is -0.252. The van der Waals surface area contributed by atoms with Crippen molar-refractivity contribution >= 4 is 11.6 Å². The van der Waals surface area contributed by atoms with Crippen LogP contribution in [-0.4, -0.2) is 56.3 Å². The minimum Gasteiger partial charge on any atom is -0.495 e. The summed E-state index contributed by atoms with van der Waals surface area (Å²) in [6.07, 6.45) is 2.96. The van der Waals surface area contributed by atoms with Crippen molar-refractivity contribution in [3.63, 3.8) is 0 Å². The maximum absolute atomic E-state index is 12.5. The number of nitrogens with zero attached hydrogens (tertiary/aromatic N) is 2. The number of para-hydroxylation sites is 2. The highest BCUT2D eigenvalue weighted by Gasteiger charge is 2.43. The van der Waals surface area contributed by atoms with Gasteiger partial charge in [0.25, 0.3) is 5.91 Å². The van der Waals surface area contributed by atoms with Crippen LogP contribution < -0.4 is 9.64 Å². The van der Waals surface area contributed by atoms with E-state index in [1.54, 1.807) is 7.11 Å². The van der Waals surface area contributed by atoms with Gasteiger partial charge in [-0.2, -0.15) is 0 Å². The summed E-state index contributed by atoms with van der Waals surface area (Å²) in [6, 6.07) is 18.3. The van der Waals surface area contributed by atoms with Crippen molar-refractivity contribution in [2.24, 2.45) is 0 Å². The van der Waals surface area contributed by atoms with Crippen LogP contribution in [0, 0.1) is 0 Å². The van der Waals surface area contributed by atoms with Gasteiger partial charge in [0.15, 0.2) is 0 Å². The molecule has 2 aliphatic heterocycles. The second-order valence-electron chi connectivity index (χ2n) is 7.70. The van der Waals surface area contributed by atoms with Crippen LogP contribution in [0.5, 0.6) is 5.75 Å². The van der Waals surface area contributed by atoms with Crippen LogP contribution in [0.1, 0.15) is 18.4 Å². The summed E-state index contributed by atoms with van der Waals surface area (Å²) in [4.78, 5) is 16.9. The Morgan fingerprint density at radius 2 is 1.75 bits per heavy atom. The summed E-state index contributed by atoms with van der Waals surface area (Å²) in [7, 11) is 1.64. The molecule has 0 radical (unpaired) electrons. The summed E-state index contributed by atoms with van der Waals surface area (Å²) in [5, 5.41) is 0. The lowest BCUT2D eigenvalue weighted by Crippen LogP contribution is -2.59. The number of piperidine rings is 1. The van der Waals surface area contributed by atoms with E-state index in [1.165, 1.54) is 5.56 Å². The third-order valence-electron chi connectivity index (χ3n) is 5.95. The van der Waals surface area contributed by atoms with Crippen molar-refractivity contribution in [3.8, 4) is 5.75 Å². The molecule has 2 heterocycles. The van der Waals surface area contributed by atoms with E-state index < -0.39 is 0 Å². The lowest BCUT2D eigenvalue weighted by molar-refractivity contribution is -0.144. The normalized spacial score (nSPS) is 19.8. The second-order valence-corrected chi connectivity index (χ2v) is 7.70. The first-order valence-corrected chi connectivity index (χ1v) is 10.0. The van der Waals surface area contributed by atoms with Gasteiger partial charge in [-0.1, -0.05) is 42.5 Å². The van der Waals surface area contributed by atoms with Gasteiger partial charge in [0.2, 0.25) is 0 Å². The van der Waals surface area contributed by atoms with Crippen molar-refractivity contribution in [2.45, 2.75) is 24.9 Å². The van der Waals surface area contributed by atoms with Gasteiger partial charge in [0.05, 0.1) is 24.9 Å². The molecule has 5 heteroatoms. The monoisotopic (exact) mass is 380 g/mol. The average molecular weight is 380 g/mol. The maximum atomic E-state index is 12.5. The van der Waals surface area contributed by atoms with Gasteiger partial charge in [0.1, 0.15) is 12.4 Å². The lowest BCUT2D eigenvalue weighted by atomic mass is 9.88. The Morgan fingerprint density at radius 3 is 2.50 bits per heavy atom. The summed E-state index contributed by atoms with van der Waals surface area (Å²) >= 11 is 0. The van der Waals surface area contributed by atoms with E-state index in [-0.39, 0.29) is 18.1 Å². The van der Waals surface area contributed by atoms with Crippen LogP contribution in [0.15, 0.2) is 54.6 Å². The largest absolute Gasteiger partial charge is 0.495 e. The minimum absolute atomic E-state index is 0.00151. The van der Waals surface area contributed by atoms with Gasteiger partial charge in [-0.3, -0.25) is 4.79 Å². The number of carbonyl (C=O) groups is 1. The zero-order valence-corrected chi connectivity index (χ0v) is 16.5. The summed E-state index contributed by atoms with van der Waals surface area (Å²) in [6.45, 7) is 3.80. The molecule has 0 aliphatic carbocycles. The van der Waals surface area contributed by atoms with Crippen LogP contribution >= 0.6 is 0 Å². The standard InChI is InChI=1S/C23H28N2O3/c1-27-21-10-6-5-9-20(21)25-18-23(28-17-22(25)26)12-15-24(16-13-23)14-11-19-7-3-2-4-8-19/h2-10H,11-18H2,1H3. The number of ether oxygens (including phenoxy) is 2. The molecule has 2 fully saturated rings. The molecule has 1 amide bonds. The predicted molar refractivity (Wildman–Crippen MR) is 110 cm³/mol. The van der Waals surface area contributed by atoms with E-state index in [4.69, 9.17) is 9.47 Å². The quantitative estimate of drug-likeness (QED) is 0.799. The Labute approximate surface area is 166 Å². The van der Waals surface area contributed by atoms with E-state index in [9.17, 15) is 4.79 Å². The third kappa shape index (κ3) is 4.05. The molecule has 4 rings (SSSR count). The van der Waals surface area contributed by atoms with Crippen LogP contribution in [0.25, 0.3) is 0 Å². The van der Waals surface area contributed by atoms with Crippen LogP contribution in [-0.2, 0) is 16.0 Å². The Kier molecular flexibility index (Phi) is 5.64. The Hall–Kier alpha value is -2.37. The molecule has 0 saturated carbocycles. The molecule has 5 nitrogen and oxygen atoms in total. The molecule has 148 valence electrons. The van der Waals surface area contributed by atoms with Crippen LogP contribution in [0.3, 0.4) is 0 Å². The van der Waals surface area contributed by atoms with Crippen molar-refractivity contribution in [1.82, 2.24) is 4.90 Å². The fourth-order valence-electron chi connectivity index (χ4n) is 4.21. The Balaban J connectivity index is 1.39. The van der Waals surface area contributed by atoms with Crippen molar-refractivity contribution in [2.75, 3.05) is 44.8 Å². The van der Waals surface area contributed by atoms with Gasteiger partial charge in [-0.25, -0.2) is 0 Å². The van der Waals surface area contributed by atoms with Gasteiger partial charge in [-0.15, -0.1) is 0 Å². The first-order valence-electron chi connectivity index (χ1n) is 10.0.